The van der Waals surface area contributed by atoms with Gasteiger partial charge in [-0.2, -0.15) is 0 Å². The van der Waals surface area contributed by atoms with Gasteiger partial charge in [-0.25, -0.2) is 13.2 Å². The van der Waals surface area contributed by atoms with E-state index in [-0.39, 0.29) is 23.6 Å². The van der Waals surface area contributed by atoms with Gasteiger partial charge in [-0.3, -0.25) is 4.79 Å². The summed E-state index contributed by atoms with van der Waals surface area (Å²) < 4.78 is 38.6. The summed E-state index contributed by atoms with van der Waals surface area (Å²) in [5, 5.41) is 0.170. The maximum Gasteiger partial charge on any atom is 0.159 e. The van der Waals surface area contributed by atoms with Crippen LogP contribution in [0.3, 0.4) is 0 Å². The highest BCUT2D eigenvalue weighted by Crippen LogP contribution is 2.19. The Morgan fingerprint density at radius 2 is 1.70 bits per heavy atom. The fraction of sp³-hybridized carbons (Fsp3) is 0.133. The normalized spacial score (nSPS) is 10.6. The predicted octanol–water partition coefficient (Wildman–Crippen LogP) is 4.11. The molecule has 0 radical (unpaired) electrons. The van der Waals surface area contributed by atoms with E-state index in [2.05, 4.69) is 0 Å². The average Bonchev–Trinajstić information content (AvgIpc) is 2.37. The number of benzene rings is 2. The van der Waals surface area contributed by atoms with Gasteiger partial charge < -0.3 is 0 Å². The monoisotopic (exact) mass is 298 g/mol. The molecule has 0 saturated heterocycles. The molecule has 0 heterocycles. The number of rotatable bonds is 4. The first-order valence-electron chi connectivity index (χ1n) is 5.85. The van der Waals surface area contributed by atoms with Gasteiger partial charge in [0.05, 0.1) is 0 Å². The highest BCUT2D eigenvalue weighted by atomic mass is 35.5. The Kier molecular flexibility index (Phi) is 4.45. The molecule has 0 saturated carbocycles. The summed E-state index contributed by atoms with van der Waals surface area (Å²) in [5.41, 5.74) is 0.882. The topological polar surface area (TPSA) is 17.1 Å². The van der Waals surface area contributed by atoms with Gasteiger partial charge in [-0.05, 0) is 35.4 Å². The number of hydrogen-bond acceptors (Lipinski definition) is 1. The second kappa shape index (κ2) is 6.09. The van der Waals surface area contributed by atoms with E-state index in [9.17, 15) is 18.0 Å². The Bertz CT molecular complexity index is 656. The molecular weight excluding hydrogens is 289 g/mol. The van der Waals surface area contributed by atoms with Crippen molar-refractivity contribution in [2.45, 2.75) is 12.8 Å². The third-order valence-corrected chi connectivity index (χ3v) is 3.14. The second-order valence-corrected chi connectivity index (χ2v) is 4.78. The molecule has 0 amide bonds. The molecule has 2 aromatic rings. The lowest BCUT2D eigenvalue weighted by atomic mass is 10.0. The van der Waals surface area contributed by atoms with Crippen molar-refractivity contribution in [2.75, 3.05) is 0 Å². The molecule has 0 unspecified atom stereocenters. The maximum absolute atomic E-state index is 13.0. The van der Waals surface area contributed by atoms with Crippen LogP contribution in [0, 0.1) is 17.5 Å². The zero-order valence-corrected chi connectivity index (χ0v) is 11.1. The van der Waals surface area contributed by atoms with Crippen molar-refractivity contribution in [1.29, 1.82) is 0 Å². The van der Waals surface area contributed by atoms with Crippen molar-refractivity contribution in [2.24, 2.45) is 0 Å². The zero-order chi connectivity index (χ0) is 14.7. The van der Waals surface area contributed by atoms with Gasteiger partial charge >= 0.3 is 0 Å². The van der Waals surface area contributed by atoms with Gasteiger partial charge in [-0.15, -0.1) is 0 Å². The molecule has 0 fully saturated rings. The highest BCUT2D eigenvalue weighted by Gasteiger charge is 2.10. The van der Waals surface area contributed by atoms with Crippen LogP contribution in [0.5, 0.6) is 0 Å². The van der Waals surface area contributed by atoms with Crippen LogP contribution in [0.25, 0.3) is 0 Å². The van der Waals surface area contributed by atoms with E-state index in [1.165, 1.54) is 18.2 Å². The summed E-state index contributed by atoms with van der Waals surface area (Å²) in [7, 11) is 0. The first-order valence-corrected chi connectivity index (χ1v) is 6.23. The van der Waals surface area contributed by atoms with Gasteiger partial charge in [0.25, 0.3) is 0 Å². The average molecular weight is 299 g/mol. The molecule has 0 aliphatic carbocycles. The lowest BCUT2D eigenvalue weighted by Gasteiger charge is -2.05. The first kappa shape index (κ1) is 14.6. The molecule has 0 atom stereocenters. The lowest BCUT2D eigenvalue weighted by Crippen LogP contribution is -2.07. The van der Waals surface area contributed by atoms with Crippen molar-refractivity contribution < 1.29 is 18.0 Å². The SMILES string of the molecule is O=C(Cc1ccc(F)c(F)c1)Cc1ccc(F)cc1Cl. The van der Waals surface area contributed by atoms with Crippen LogP contribution in [0.15, 0.2) is 36.4 Å². The minimum absolute atomic E-state index is 0.0120. The molecule has 0 aliphatic heterocycles. The minimum Gasteiger partial charge on any atom is -0.299 e. The zero-order valence-electron chi connectivity index (χ0n) is 10.3. The van der Waals surface area contributed by atoms with Crippen LogP contribution < -0.4 is 0 Å². The largest absolute Gasteiger partial charge is 0.299 e. The number of halogens is 4. The van der Waals surface area contributed by atoms with Crippen LogP contribution in [0.1, 0.15) is 11.1 Å². The van der Waals surface area contributed by atoms with Crippen LogP contribution in [0.2, 0.25) is 5.02 Å². The van der Waals surface area contributed by atoms with Gasteiger partial charge in [0.15, 0.2) is 11.6 Å². The van der Waals surface area contributed by atoms with Crippen molar-refractivity contribution in [1.82, 2.24) is 0 Å². The molecule has 2 aromatic carbocycles. The van der Waals surface area contributed by atoms with E-state index in [1.54, 1.807) is 0 Å². The second-order valence-electron chi connectivity index (χ2n) is 4.38. The van der Waals surface area contributed by atoms with Crippen molar-refractivity contribution in [3.8, 4) is 0 Å². The van der Waals surface area contributed by atoms with E-state index < -0.39 is 17.5 Å². The number of Topliss-reactive ketones (excluding diaryl/α,β-unsaturated/α-hetero) is 1. The minimum atomic E-state index is -0.991. The quantitative estimate of drug-likeness (QED) is 0.830. The van der Waals surface area contributed by atoms with Gasteiger partial charge in [0.2, 0.25) is 0 Å². The van der Waals surface area contributed by atoms with Crippen LogP contribution in [-0.2, 0) is 17.6 Å². The molecule has 0 N–H and O–H groups in total. The van der Waals surface area contributed by atoms with Gasteiger partial charge in [0, 0.05) is 17.9 Å². The Labute approximate surface area is 119 Å². The molecule has 0 bridgehead atoms. The van der Waals surface area contributed by atoms with E-state index in [0.717, 1.165) is 18.2 Å². The van der Waals surface area contributed by atoms with Crippen LogP contribution in [-0.4, -0.2) is 5.78 Å². The van der Waals surface area contributed by atoms with E-state index >= 15 is 0 Å². The molecule has 20 heavy (non-hydrogen) atoms. The lowest BCUT2D eigenvalue weighted by molar-refractivity contribution is -0.117. The van der Waals surface area contributed by atoms with E-state index in [1.807, 2.05) is 0 Å². The number of ketones is 1. The molecule has 0 aliphatic rings. The molecule has 2 rings (SSSR count). The van der Waals surface area contributed by atoms with Crippen LogP contribution in [0.4, 0.5) is 13.2 Å². The van der Waals surface area contributed by atoms with E-state index in [0.29, 0.717) is 11.1 Å². The third-order valence-electron chi connectivity index (χ3n) is 2.79. The van der Waals surface area contributed by atoms with Gasteiger partial charge in [-0.1, -0.05) is 23.7 Å². The molecule has 1 nitrogen and oxygen atoms in total. The Hall–Kier alpha value is -1.81. The van der Waals surface area contributed by atoms with E-state index in [4.69, 9.17) is 11.6 Å². The molecule has 0 spiro atoms. The summed E-state index contributed by atoms with van der Waals surface area (Å²) in [6, 6.07) is 7.08. The highest BCUT2D eigenvalue weighted by molar-refractivity contribution is 6.31. The van der Waals surface area contributed by atoms with Crippen LogP contribution >= 0.6 is 11.6 Å². The standard InChI is InChI=1S/C15H10ClF3O/c16-13-8-11(17)3-2-10(13)7-12(20)5-9-1-4-14(18)15(19)6-9/h1-4,6,8H,5,7H2. The summed E-state index contributed by atoms with van der Waals surface area (Å²) in [5.74, 6) is -2.64. The van der Waals surface area contributed by atoms with Crippen molar-refractivity contribution in [3.05, 3.63) is 70.0 Å². The summed E-state index contributed by atoms with van der Waals surface area (Å²) in [6.07, 6.45) is -0.0248. The Balaban J connectivity index is 2.07. The Morgan fingerprint density at radius 3 is 2.35 bits per heavy atom. The molecular formula is C15H10ClF3O. The third kappa shape index (κ3) is 3.61. The fourth-order valence-corrected chi connectivity index (χ4v) is 2.05. The Morgan fingerprint density at radius 1 is 0.950 bits per heavy atom. The smallest absolute Gasteiger partial charge is 0.159 e. The summed E-state index contributed by atoms with van der Waals surface area (Å²) in [6.45, 7) is 0. The summed E-state index contributed by atoms with van der Waals surface area (Å²) >= 11 is 5.82. The van der Waals surface area contributed by atoms with Gasteiger partial charge in [0.1, 0.15) is 11.6 Å². The first-order chi connectivity index (χ1) is 9.45. The maximum atomic E-state index is 13.0. The molecule has 5 heteroatoms. The predicted molar refractivity (Wildman–Crippen MR) is 70.2 cm³/mol. The number of carbonyl (C=O) groups excluding carboxylic acids is 1. The number of carbonyl (C=O) groups is 1. The number of hydrogen-bond donors (Lipinski definition) is 0. The fourth-order valence-electron chi connectivity index (χ4n) is 1.82. The molecule has 0 aromatic heterocycles. The summed E-state index contributed by atoms with van der Waals surface area (Å²) in [4.78, 5) is 11.8. The molecule has 104 valence electrons. The van der Waals surface area contributed by atoms with Crippen molar-refractivity contribution >= 4 is 17.4 Å². The van der Waals surface area contributed by atoms with Crippen molar-refractivity contribution in [3.63, 3.8) is 0 Å².